The van der Waals surface area contributed by atoms with Crippen molar-refractivity contribution < 1.29 is 4.92 Å². The maximum atomic E-state index is 12.7. The van der Waals surface area contributed by atoms with E-state index in [0.717, 1.165) is 10.4 Å². The molecule has 2 heterocycles. The first-order chi connectivity index (χ1) is 14.9. The van der Waals surface area contributed by atoms with E-state index in [1.54, 1.807) is 10.9 Å². The van der Waals surface area contributed by atoms with Gasteiger partial charge in [0.2, 0.25) is 0 Å². The van der Waals surface area contributed by atoms with E-state index < -0.39 is 10.5 Å². The van der Waals surface area contributed by atoms with Crippen LogP contribution in [0.4, 0.5) is 11.4 Å². The molecule has 0 aliphatic rings. The van der Waals surface area contributed by atoms with Crippen LogP contribution in [-0.2, 0) is 0 Å². The number of hydrogen-bond donors (Lipinski definition) is 1. The first-order valence-electron chi connectivity index (χ1n) is 9.21. The van der Waals surface area contributed by atoms with Gasteiger partial charge in [-0.05, 0) is 31.2 Å². The van der Waals surface area contributed by atoms with Crippen molar-refractivity contribution in [2.75, 3.05) is 5.32 Å². The third kappa shape index (κ3) is 4.14. The van der Waals surface area contributed by atoms with E-state index in [1.807, 2.05) is 37.3 Å². The maximum Gasteiger partial charge on any atom is 0.292 e. The summed E-state index contributed by atoms with van der Waals surface area (Å²) in [5, 5.41) is 26.3. The smallest absolute Gasteiger partial charge is 0.292 e. The summed E-state index contributed by atoms with van der Waals surface area (Å²) in [6.07, 6.45) is 3.20. The lowest BCUT2D eigenvalue weighted by Crippen LogP contribution is -2.23. The zero-order chi connectivity index (χ0) is 22.0. The number of anilines is 1. The molecule has 1 N–H and O–H groups in total. The highest BCUT2D eigenvalue weighted by atomic mass is 35.5. The predicted molar refractivity (Wildman–Crippen MR) is 115 cm³/mol. The number of nitro groups is 1. The van der Waals surface area contributed by atoms with Gasteiger partial charge in [-0.25, -0.2) is 4.68 Å². The van der Waals surface area contributed by atoms with Crippen LogP contribution in [0.25, 0.3) is 11.4 Å². The summed E-state index contributed by atoms with van der Waals surface area (Å²) < 4.78 is 2.73. The highest BCUT2D eigenvalue weighted by molar-refractivity contribution is 6.33. The van der Waals surface area contributed by atoms with Gasteiger partial charge in [0.1, 0.15) is 10.7 Å². The van der Waals surface area contributed by atoms with E-state index in [-0.39, 0.29) is 16.8 Å². The molecule has 4 aromatic rings. The molecule has 0 radical (unpaired) electrons. The lowest BCUT2D eigenvalue weighted by molar-refractivity contribution is -0.384. The van der Waals surface area contributed by atoms with Crippen LogP contribution in [0.1, 0.15) is 18.7 Å². The number of rotatable bonds is 6. The number of para-hydroxylation sites is 1. The average molecular weight is 438 g/mol. The molecule has 0 aliphatic heterocycles. The zero-order valence-electron chi connectivity index (χ0n) is 16.2. The normalized spacial score (nSPS) is 11.8. The quantitative estimate of drug-likeness (QED) is 0.361. The fourth-order valence-corrected chi connectivity index (χ4v) is 3.11. The summed E-state index contributed by atoms with van der Waals surface area (Å²) in [6.45, 7) is 1.86. The van der Waals surface area contributed by atoms with Crippen LogP contribution < -0.4 is 10.9 Å². The second kappa shape index (κ2) is 8.36. The zero-order valence-corrected chi connectivity index (χ0v) is 17.0. The van der Waals surface area contributed by atoms with Crippen molar-refractivity contribution in [3.63, 3.8) is 0 Å². The molecular formula is C20H16ClN7O3. The van der Waals surface area contributed by atoms with Crippen molar-refractivity contribution in [1.82, 2.24) is 24.8 Å². The average Bonchev–Trinajstić information content (AvgIpc) is 3.28. The Bertz CT molecular complexity index is 1290. The van der Waals surface area contributed by atoms with E-state index in [0.29, 0.717) is 17.1 Å². The number of benzene rings is 2. The molecule has 0 saturated carbocycles. The summed E-state index contributed by atoms with van der Waals surface area (Å²) in [7, 11) is 0. The van der Waals surface area contributed by atoms with Crippen molar-refractivity contribution in [3.8, 4) is 11.4 Å². The van der Waals surface area contributed by atoms with Gasteiger partial charge in [-0.2, -0.15) is 9.78 Å². The fraction of sp³-hybridized carbons (Fsp3) is 0.100. The summed E-state index contributed by atoms with van der Waals surface area (Å²) in [4.78, 5) is 23.0. The summed E-state index contributed by atoms with van der Waals surface area (Å²) >= 11 is 6.28. The van der Waals surface area contributed by atoms with Crippen LogP contribution in [-0.4, -0.2) is 29.7 Å². The van der Waals surface area contributed by atoms with Gasteiger partial charge in [-0.1, -0.05) is 35.0 Å². The monoisotopic (exact) mass is 437 g/mol. The molecule has 0 spiro atoms. The number of nitro benzene ring substituents is 1. The highest BCUT2D eigenvalue weighted by Crippen LogP contribution is 2.23. The molecule has 1 unspecified atom stereocenters. The van der Waals surface area contributed by atoms with Gasteiger partial charge in [0.25, 0.3) is 11.2 Å². The van der Waals surface area contributed by atoms with Gasteiger partial charge in [-0.15, -0.1) is 5.10 Å². The molecule has 0 bridgehead atoms. The van der Waals surface area contributed by atoms with Crippen LogP contribution in [0.3, 0.4) is 0 Å². The van der Waals surface area contributed by atoms with Crippen molar-refractivity contribution in [3.05, 3.63) is 98.2 Å². The highest BCUT2D eigenvalue weighted by Gasteiger charge is 2.16. The van der Waals surface area contributed by atoms with Crippen molar-refractivity contribution in [1.29, 1.82) is 0 Å². The lowest BCUT2D eigenvalue weighted by Gasteiger charge is -2.14. The molecule has 156 valence electrons. The second-order valence-corrected chi connectivity index (χ2v) is 7.03. The van der Waals surface area contributed by atoms with Crippen LogP contribution in [0, 0.1) is 10.1 Å². The van der Waals surface area contributed by atoms with Gasteiger partial charge >= 0.3 is 0 Å². The van der Waals surface area contributed by atoms with Crippen LogP contribution in [0.15, 0.2) is 71.8 Å². The van der Waals surface area contributed by atoms with E-state index in [1.165, 1.54) is 30.5 Å². The number of non-ortho nitro benzene ring substituents is 1. The van der Waals surface area contributed by atoms with Gasteiger partial charge in [0.05, 0.1) is 40.4 Å². The SMILES string of the molecule is CC(Nc1cnn(-c2ccc([N+](=O)[O-])cc2)c(=O)c1Cl)c1cn(-c2ccccc2)nn1. The Morgan fingerprint density at radius 3 is 2.48 bits per heavy atom. The minimum absolute atomic E-state index is 0.0596. The molecule has 10 nitrogen and oxygen atoms in total. The Morgan fingerprint density at radius 2 is 1.81 bits per heavy atom. The number of hydrogen-bond acceptors (Lipinski definition) is 7. The first kappa shape index (κ1) is 20.2. The summed E-state index contributed by atoms with van der Waals surface area (Å²) in [5.74, 6) is 0. The largest absolute Gasteiger partial charge is 0.374 e. The Labute approximate surface area is 180 Å². The van der Waals surface area contributed by atoms with E-state index in [2.05, 4.69) is 20.7 Å². The third-order valence-electron chi connectivity index (χ3n) is 4.57. The molecule has 0 aliphatic carbocycles. The summed E-state index contributed by atoms with van der Waals surface area (Å²) in [5.41, 5.74) is 1.59. The van der Waals surface area contributed by atoms with Gasteiger partial charge in [0, 0.05) is 12.1 Å². The number of nitrogens with one attached hydrogen (secondary N) is 1. The molecular weight excluding hydrogens is 422 g/mol. The second-order valence-electron chi connectivity index (χ2n) is 6.65. The topological polar surface area (TPSA) is 121 Å². The molecule has 4 rings (SSSR count). The van der Waals surface area contributed by atoms with Crippen molar-refractivity contribution in [2.45, 2.75) is 13.0 Å². The van der Waals surface area contributed by atoms with Crippen molar-refractivity contribution in [2.24, 2.45) is 0 Å². The fourth-order valence-electron chi connectivity index (χ4n) is 2.92. The minimum atomic E-state index is -0.555. The van der Waals surface area contributed by atoms with Crippen molar-refractivity contribution >= 4 is 23.0 Å². The Morgan fingerprint density at radius 1 is 1.10 bits per heavy atom. The van der Waals surface area contributed by atoms with E-state index >= 15 is 0 Å². The number of halogens is 1. The molecule has 0 fully saturated rings. The van der Waals surface area contributed by atoms with Gasteiger partial charge < -0.3 is 5.32 Å². The van der Waals surface area contributed by atoms with Crippen LogP contribution in [0.5, 0.6) is 0 Å². The standard InChI is InChI=1S/C20H16ClN7O3/c1-13(18-12-26(25-24-18)14-5-3-2-4-6-14)23-17-11-22-27(20(29)19(17)21)15-7-9-16(10-8-15)28(30)31/h2-13,23H,1H3. The lowest BCUT2D eigenvalue weighted by atomic mass is 10.2. The van der Waals surface area contributed by atoms with Gasteiger partial charge in [-0.3, -0.25) is 14.9 Å². The molecule has 2 aromatic carbocycles. The Hall–Kier alpha value is -4.05. The number of aromatic nitrogens is 5. The maximum absolute atomic E-state index is 12.7. The molecule has 1 atom stereocenters. The third-order valence-corrected chi connectivity index (χ3v) is 4.94. The molecule has 31 heavy (non-hydrogen) atoms. The number of nitrogens with zero attached hydrogens (tertiary/aromatic N) is 6. The first-order valence-corrected chi connectivity index (χ1v) is 9.58. The van der Waals surface area contributed by atoms with E-state index in [9.17, 15) is 14.9 Å². The Balaban J connectivity index is 1.55. The predicted octanol–water partition coefficient (Wildman–Crippen LogP) is 3.55. The van der Waals surface area contributed by atoms with Crippen LogP contribution in [0.2, 0.25) is 5.02 Å². The molecule has 0 saturated heterocycles. The van der Waals surface area contributed by atoms with E-state index in [4.69, 9.17) is 11.6 Å². The summed E-state index contributed by atoms with van der Waals surface area (Å²) in [6, 6.07) is 14.7. The van der Waals surface area contributed by atoms with Crippen LogP contribution >= 0.6 is 11.6 Å². The Kier molecular flexibility index (Phi) is 5.46. The minimum Gasteiger partial charge on any atom is -0.374 e. The molecule has 2 aromatic heterocycles. The molecule has 11 heteroatoms. The van der Waals surface area contributed by atoms with Gasteiger partial charge in [0.15, 0.2) is 0 Å². The molecule has 0 amide bonds.